The monoisotopic (exact) mass is 229 g/mol. The molecule has 0 atom stereocenters. The van der Waals surface area contributed by atoms with Crippen LogP contribution in [0.5, 0.6) is 0 Å². The fraction of sp³-hybridized carbons (Fsp3) is 1.00. The van der Waals surface area contributed by atoms with Gasteiger partial charge in [-0.3, -0.25) is 4.90 Å². The van der Waals surface area contributed by atoms with Gasteiger partial charge in [0.05, 0.1) is 18.8 Å². The van der Waals surface area contributed by atoms with Gasteiger partial charge in [-0.05, 0) is 20.3 Å². The topological polar surface area (TPSA) is 43.7 Å². The number of nitrogens with zero attached hydrogens (tertiary/aromatic N) is 1. The Balaban J connectivity index is 4.05. The van der Waals surface area contributed by atoms with Crippen LogP contribution >= 0.6 is 0 Å². The standard InChI is InChI=1S/C9H18F3NO2/c1-8(2,15)3-4-13(5-6-14)7-9(10,11)12/h14-15H,3-7H2,1-2H3. The second-order valence-electron chi connectivity index (χ2n) is 4.18. The molecule has 0 spiro atoms. The van der Waals surface area contributed by atoms with E-state index in [2.05, 4.69) is 0 Å². The van der Waals surface area contributed by atoms with Crippen LogP contribution in [0.4, 0.5) is 13.2 Å². The Labute approximate surface area is 87.5 Å². The van der Waals surface area contributed by atoms with E-state index in [1.165, 1.54) is 13.8 Å². The molecule has 0 aliphatic carbocycles. The van der Waals surface area contributed by atoms with Gasteiger partial charge in [0.2, 0.25) is 0 Å². The van der Waals surface area contributed by atoms with Crippen molar-refractivity contribution in [3.05, 3.63) is 0 Å². The van der Waals surface area contributed by atoms with Crippen molar-refractivity contribution >= 4 is 0 Å². The third-order valence-electron chi connectivity index (χ3n) is 1.86. The van der Waals surface area contributed by atoms with Crippen LogP contribution in [0.3, 0.4) is 0 Å². The Morgan fingerprint density at radius 1 is 1.13 bits per heavy atom. The SMILES string of the molecule is CC(C)(O)CCN(CCO)CC(F)(F)F. The van der Waals surface area contributed by atoms with Gasteiger partial charge in [-0.1, -0.05) is 0 Å². The van der Waals surface area contributed by atoms with Crippen molar-refractivity contribution in [1.29, 1.82) is 0 Å². The molecule has 0 aliphatic heterocycles. The summed E-state index contributed by atoms with van der Waals surface area (Å²) < 4.78 is 36.2. The highest BCUT2D eigenvalue weighted by atomic mass is 19.4. The van der Waals surface area contributed by atoms with Crippen LogP contribution < -0.4 is 0 Å². The second kappa shape index (κ2) is 5.67. The highest BCUT2D eigenvalue weighted by Crippen LogP contribution is 2.17. The van der Waals surface area contributed by atoms with Crippen LogP contribution in [-0.4, -0.2) is 53.1 Å². The number of alkyl halides is 3. The van der Waals surface area contributed by atoms with Crippen molar-refractivity contribution in [2.75, 3.05) is 26.2 Å². The second-order valence-corrected chi connectivity index (χ2v) is 4.18. The summed E-state index contributed by atoms with van der Waals surface area (Å²) in [6, 6.07) is 0. The number of hydrogen-bond donors (Lipinski definition) is 2. The molecule has 0 aromatic rings. The fourth-order valence-electron chi connectivity index (χ4n) is 1.10. The maximum atomic E-state index is 12.1. The summed E-state index contributed by atoms with van der Waals surface area (Å²) in [6.45, 7) is 1.79. The number of hydrogen-bond acceptors (Lipinski definition) is 3. The van der Waals surface area contributed by atoms with Gasteiger partial charge < -0.3 is 10.2 Å². The lowest BCUT2D eigenvalue weighted by molar-refractivity contribution is -0.148. The average Bonchev–Trinajstić information content (AvgIpc) is 1.96. The zero-order chi connectivity index (χ0) is 12.1. The first kappa shape index (κ1) is 14.7. The van der Waals surface area contributed by atoms with Crippen molar-refractivity contribution < 1.29 is 23.4 Å². The quantitative estimate of drug-likeness (QED) is 0.714. The molecule has 0 radical (unpaired) electrons. The van der Waals surface area contributed by atoms with Crippen LogP contribution in [-0.2, 0) is 0 Å². The molecule has 0 heterocycles. The van der Waals surface area contributed by atoms with Gasteiger partial charge in [0.15, 0.2) is 0 Å². The third-order valence-corrected chi connectivity index (χ3v) is 1.86. The van der Waals surface area contributed by atoms with Crippen molar-refractivity contribution in [3.8, 4) is 0 Å². The minimum absolute atomic E-state index is 0.0322. The molecule has 0 aromatic heterocycles. The Bertz CT molecular complexity index is 177. The van der Waals surface area contributed by atoms with Crippen LogP contribution in [0, 0.1) is 0 Å². The Morgan fingerprint density at radius 2 is 1.67 bits per heavy atom. The largest absolute Gasteiger partial charge is 0.401 e. The summed E-state index contributed by atoms with van der Waals surface area (Å²) in [5.41, 5.74) is -0.987. The Morgan fingerprint density at radius 3 is 2.00 bits per heavy atom. The lowest BCUT2D eigenvalue weighted by atomic mass is 10.1. The van der Waals surface area contributed by atoms with Crippen LogP contribution in [0.25, 0.3) is 0 Å². The number of aliphatic hydroxyl groups is 2. The minimum Gasteiger partial charge on any atom is -0.395 e. The van der Waals surface area contributed by atoms with Crippen molar-refractivity contribution in [1.82, 2.24) is 4.90 Å². The van der Waals surface area contributed by atoms with E-state index in [0.29, 0.717) is 0 Å². The summed E-state index contributed by atoms with van der Waals surface area (Å²) in [5.74, 6) is 0. The molecule has 3 nitrogen and oxygen atoms in total. The van der Waals surface area contributed by atoms with Crippen molar-refractivity contribution in [3.63, 3.8) is 0 Å². The predicted octanol–water partition coefficient (Wildman–Crippen LogP) is 1.00. The zero-order valence-electron chi connectivity index (χ0n) is 9.01. The van der Waals surface area contributed by atoms with Gasteiger partial charge in [-0.15, -0.1) is 0 Å². The zero-order valence-corrected chi connectivity index (χ0v) is 9.01. The molecule has 0 aliphatic rings. The summed E-state index contributed by atoms with van der Waals surface area (Å²) >= 11 is 0. The molecule has 6 heteroatoms. The summed E-state index contributed by atoms with van der Waals surface area (Å²) in [4.78, 5) is 1.08. The van der Waals surface area contributed by atoms with E-state index in [1.54, 1.807) is 0 Å². The molecule has 0 aromatic carbocycles. The highest BCUT2D eigenvalue weighted by molar-refractivity contribution is 4.70. The van der Waals surface area contributed by atoms with Gasteiger partial charge in [0, 0.05) is 13.1 Å². The van der Waals surface area contributed by atoms with Gasteiger partial charge in [0.1, 0.15) is 0 Å². The summed E-state index contributed by atoms with van der Waals surface area (Å²) in [5, 5.41) is 18.0. The lowest BCUT2D eigenvalue weighted by Crippen LogP contribution is -2.39. The molecule has 0 fully saturated rings. The molecule has 0 rings (SSSR count). The molecule has 92 valence electrons. The first-order valence-electron chi connectivity index (χ1n) is 4.76. The molecule has 0 bridgehead atoms. The van der Waals surface area contributed by atoms with Gasteiger partial charge >= 0.3 is 6.18 Å². The number of halogens is 3. The Hall–Kier alpha value is -0.330. The van der Waals surface area contributed by atoms with E-state index < -0.39 is 18.3 Å². The van der Waals surface area contributed by atoms with E-state index >= 15 is 0 Å². The summed E-state index contributed by atoms with van der Waals surface area (Å²) in [7, 11) is 0. The minimum atomic E-state index is -4.27. The van der Waals surface area contributed by atoms with Gasteiger partial charge in [-0.25, -0.2) is 0 Å². The van der Waals surface area contributed by atoms with E-state index in [0.717, 1.165) is 4.90 Å². The van der Waals surface area contributed by atoms with Gasteiger partial charge in [0.25, 0.3) is 0 Å². The van der Waals surface area contributed by atoms with E-state index in [4.69, 9.17) is 5.11 Å². The Kier molecular flexibility index (Phi) is 5.55. The van der Waals surface area contributed by atoms with Crippen LogP contribution in [0.1, 0.15) is 20.3 Å². The third kappa shape index (κ3) is 9.96. The van der Waals surface area contributed by atoms with Crippen molar-refractivity contribution in [2.24, 2.45) is 0 Å². The van der Waals surface area contributed by atoms with Gasteiger partial charge in [-0.2, -0.15) is 13.2 Å². The molecule has 0 unspecified atom stereocenters. The van der Waals surface area contributed by atoms with Crippen molar-refractivity contribution in [2.45, 2.75) is 32.0 Å². The smallest absolute Gasteiger partial charge is 0.395 e. The summed E-state index contributed by atoms with van der Waals surface area (Å²) in [6.07, 6.45) is -4.03. The highest BCUT2D eigenvalue weighted by Gasteiger charge is 2.30. The molecular formula is C9H18F3NO2. The maximum Gasteiger partial charge on any atom is 0.401 e. The van der Waals surface area contributed by atoms with E-state index in [-0.39, 0.29) is 26.1 Å². The van der Waals surface area contributed by atoms with E-state index in [1.807, 2.05) is 0 Å². The molecule has 0 amide bonds. The molecule has 0 saturated heterocycles. The average molecular weight is 229 g/mol. The fourth-order valence-corrected chi connectivity index (χ4v) is 1.10. The first-order valence-corrected chi connectivity index (χ1v) is 4.76. The van der Waals surface area contributed by atoms with Crippen LogP contribution in [0.2, 0.25) is 0 Å². The maximum absolute atomic E-state index is 12.1. The number of rotatable bonds is 6. The normalized spacial score (nSPS) is 13.6. The molecule has 2 N–H and O–H groups in total. The molecule has 15 heavy (non-hydrogen) atoms. The lowest BCUT2D eigenvalue weighted by Gasteiger charge is -2.26. The van der Waals surface area contributed by atoms with Crippen LogP contribution in [0.15, 0.2) is 0 Å². The molecule has 0 saturated carbocycles. The molecular weight excluding hydrogens is 211 g/mol. The first-order chi connectivity index (χ1) is 6.64. The predicted molar refractivity (Wildman–Crippen MR) is 50.5 cm³/mol. The number of aliphatic hydroxyl groups excluding tert-OH is 1. The van der Waals surface area contributed by atoms with E-state index in [9.17, 15) is 18.3 Å².